The number of nitrogens with zero attached hydrogens (tertiary/aromatic N) is 2. The van der Waals surface area contributed by atoms with Gasteiger partial charge in [0, 0.05) is 25.9 Å². The standard InChI is InChI=1S/C14H25N3O/c1-3-15-13(9-14-5-4-8-18-14)7-6-12-10-16-17(2)11-12/h10-11,13-15H,3-9H2,1-2H3. The highest BCUT2D eigenvalue weighted by Crippen LogP contribution is 2.19. The minimum atomic E-state index is 0.475. The molecule has 102 valence electrons. The minimum Gasteiger partial charge on any atom is -0.378 e. The molecule has 2 rings (SSSR count). The lowest BCUT2D eigenvalue weighted by atomic mass is 10.0. The molecule has 0 aromatic carbocycles. The second-order valence-electron chi connectivity index (χ2n) is 5.19. The molecular formula is C14H25N3O. The molecule has 1 N–H and O–H groups in total. The maximum atomic E-state index is 5.73. The summed E-state index contributed by atoms with van der Waals surface area (Å²) in [7, 11) is 1.97. The Morgan fingerprint density at radius 2 is 2.50 bits per heavy atom. The average Bonchev–Trinajstić information content (AvgIpc) is 2.98. The summed E-state index contributed by atoms with van der Waals surface area (Å²) in [5.74, 6) is 0. The lowest BCUT2D eigenvalue weighted by Gasteiger charge is -2.20. The molecule has 0 radical (unpaired) electrons. The van der Waals surface area contributed by atoms with Gasteiger partial charge in [-0.15, -0.1) is 0 Å². The molecule has 0 spiro atoms. The Morgan fingerprint density at radius 1 is 1.61 bits per heavy atom. The minimum absolute atomic E-state index is 0.475. The first kappa shape index (κ1) is 13.6. The highest BCUT2D eigenvalue weighted by atomic mass is 16.5. The van der Waals surface area contributed by atoms with Gasteiger partial charge in [0.25, 0.3) is 0 Å². The number of aromatic nitrogens is 2. The van der Waals surface area contributed by atoms with Gasteiger partial charge in [-0.25, -0.2) is 0 Å². The average molecular weight is 251 g/mol. The zero-order valence-electron chi connectivity index (χ0n) is 11.6. The molecule has 0 amide bonds. The zero-order chi connectivity index (χ0) is 12.8. The van der Waals surface area contributed by atoms with Gasteiger partial charge in [-0.2, -0.15) is 5.10 Å². The Kier molecular flexibility index (Phi) is 5.20. The van der Waals surface area contributed by atoms with Crippen molar-refractivity contribution >= 4 is 0 Å². The van der Waals surface area contributed by atoms with Gasteiger partial charge in [0.05, 0.1) is 12.3 Å². The number of hydrogen-bond acceptors (Lipinski definition) is 3. The number of ether oxygens (including phenoxy) is 1. The first-order valence-electron chi connectivity index (χ1n) is 7.10. The quantitative estimate of drug-likeness (QED) is 0.804. The smallest absolute Gasteiger partial charge is 0.0590 e. The molecule has 4 heteroatoms. The van der Waals surface area contributed by atoms with Crippen molar-refractivity contribution in [1.82, 2.24) is 15.1 Å². The molecule has 4 nitrogen and oxygen atoms in total. The van der Waals surface area contributed by atoms with Gasteiger partial charge in [0.15, 0.2) is 0 Å². The highest BCUT2D eigenvalue weighted by molar-refractivity contribution is 5.04. The van der Waals surface area contributed by atoms with E-state index in [0.29, 0.717) is 12.1 Å². The number of hydrogen-bond donors (Lipinski definition) is 1. The second-order valence-corrected chi connectivity index (χ2v) is 5.19. The molecule has 1 aliphatic rings. The van der Waals surface area contributed by atoms with Crippen LogP contribution < -0.4 is 5.32 Å². The summed E-state index contributed by atoms with van der Waals surface area (Å²) in [5.41, 5.74) is 1.33. The molecule has 2 heterocycles. The zero-order valence-corrected chi connectivity index (χ0v) is 11.6. The van der Waals surface area contributed by atoms with Gasteiger partial charge in [0.2, 0.25) is 0 Å². The SMILES string of the molecule is CCNC(CCc1cnn(C)c1)CC1CCCO1. The summed E-state index contributed by atoms with van der Waals surface area (Å²) in [5, 5.41) is 7.79. The Hall–Kier alpha value is -0.870. The molecular weight excluding hydrogens is 226 g/mol. The highest BCUT2D eigenvalue weighted by Gasteiger charge is 2.20. The van der Waals surface area contributed by atoms with Crippen molar-refractivity contribution in [3.05, 3.63) is 18.0 Å². The van der Waals surface area contributed by atoms with Crippen LogP contribution in [0.4, 0.5) is 0 Å². The maximum Gasteiger partial charge on any atom is 0.0590 e. The van der Waals surface area contributed by atoms with Gasteiger partial charge in [-0.05, 0) is 44.2 Å². The van der Waals surface area contributed by atoms with Gasteiger partial charge in [0.1, 0.15) is 0 Å². The van der Waals surface area contributed by atoms with Crippen LogP contribution in [0.1, 0.15) is 38.2 Å². The van der Waals surface area contributed by atoms with Crippen LogP contribution in [0, 0.1) is 0 Å². The van der Waals surface area contributed by atoms with Crippen molar-refractivity contribution in [3.8, 4) is 0 Å². The van der Waals surface area contributed by atoms with Crippen LogP contribution in [0.2, 0.25) is 0 Å². The summed E-state index contributed by atoms with van der Waals surface area (Å²) in [4.78, 5) is 0. The fourth-order valence-electron chi connectivity index (χ4n) is 2.68. The van der Waals surface area contributed by atoms with Crippen molar-refractivity contribution in [2.45, 2.75) is 51.2 Å². The normalized spacial score (nSPS) is 21.3. The predicted octanol–water partition coefficient (Wildman–Crippen LogP) is 1.90. The maximum absolute atomic E-state index is 5.73. The summed E-state index contributed by atoms with van der Waals surface area (Å²) >= 11 is 0. The van der Waals surface area contributed by atoms with E-state index in [4.69, 9.17) is 4.74 Å². The molecule has 1 aliphatic heterocycles. The first-order chi connectivity index (χ1) is 8.78. The Morgan fingerprint density at radius 3 is 3.11 bits per heavy atom. The molecule has 1 fully saturated rings. The van der Waals surface area contributed by atoms with Crippen molar-refractivity contribution in [2.24, 2.45) is 7.05 Å². The third-order valence-corrected chi connectivity index (χ3v) is 3.60. The van der Waals surface area contributed by atoms with Crippen LogP contribution in [0.25, 0.3) is 0 Å². The lowest BCUT2D eigenvalue weighted by Crippen LogP contribution is -2.33. The third-order valence-electron chi connectivity index (χ3n) is 3.60. The second kappa shape index (κ2) is 6.90. The van der Waals surface area contributed by atoms with Crippen molar-refractivity contribution in [1.29, 1.82) is 0 Å². The van der Waals surface area contributed by atoms with E-state index in [9.17, 15) is 0 Å². The molecule has 2 unspecified atom stereocenters. The Balaban J connectivity index is 1.77. The number of aryl methyl sites for hydroxylation is 2. The monoisotopic (exact) mass is 251 g/mol. The van der Waals surface area contributed by atoms with Crippen LogP contribution in [-0.4, -0.2) is 35.1 Å². The summed E-state index contributed by atoms with van der Waals surface area (Å²) in [6.45, 7) is 4.16. The lowest BCUT2D eigenvalue weighted by molar-refractivity contribution is 0.0938. The molecule has 2 atom stereocenters. The molecule has 1 saturated heterocycles. The Labute approximate surface area is 110 Å². The van der Waals surface area contributed by atoms with E-state index >= 15 is 0 Å². The number of rotatable bonds is 7. The van der Waals surface area contributed by atoms with E-state index in [1.165, 1.54) is 24.8 Å². The topological polar surface area (TPSA) is 39.1 Å². The predicted molar refractivity (Wildman–Crippen MR) is 72.6 cm³/mol. The van der Waals surface area contributed by atoms with E-state index in [1.807, 2.05) is 17.9 Å². The molecule has 0 bridgehead atoms. The fraction of sp³-hybridized carbons (Fsp3) is 0.786. The number of nitrogens with one attached hydrogen (secondary N) is 1. The van der Waals surface area contributed by atoms with Crippen LogP contribution in [0.15, 0.2) is 12.4 Å². The fourth-order valence-corrected chi connectivity index (χ4v) is 2.68. The molecule has 1 aromatic rings. The molecule has 18 heavy (non-hydrogen) atoms. The van der Waals surface area contributed by atoms with Crippen molar-refractivity contribution < 1.29 is 4.74 Å². The molecule has 0 aliphatic carbocycles. The third kappa shape index (κ3) is 4.10. The first-order valence-corrected chi connectivity index (χ1v) is 7.10. The van der Waals surface area contributed by atoms with E-state index in [0.717, 1.165) is 26.0 Å². The summed E-state index contributed by atoms with van der Waals surface area (Å²) in [6, 6.07) is 0.568. The van der Waals surface area contributed by atoms with Crippen LogP contribution in [0.5, 0.6) is 0 Å². The van der Waals surface area contributed by atoms with E-state index in [1.54, 1.807) is 0 Å². The summed E-state index contributed by atoms with van der Waals surface area (Å²) in [6.07, 6.45) is 10.4. The van der Waals surface area contributed by atoms with Crippen molar-refractivity contribution in [3.63, 3.8) is 0 Å². The van der Waals surface area contributed by atoms with Crippen LogP contribution in [0.3, 0.4) is 0 Å². The van der Waals surface area contributed by atoms with Crippen LogP contribution >= 0.6 is 0 Å². The van der Waals surface area contributed by atoms with Gasteiger partial charge in [-0.1, -0.05) is 6.92 Å². The van der Waals surface area contributed by atoms with E-state index in [-0.39, 0.29) is 0 Å². The summed E-state index contributed by atoms with van der Waals surface area (Å²) < 4.78 is 7.60. The van der Waals surface area contributed by atoms with Crippen molar-refractivity contribution in [2.75, 3.05) is 13.2 Å². The van der Waals surface area contributed by atoms with E-state index < -0.39 is 0 Å². The largest absolute Gasteiger partial charge is 0.378 e. The Bertz CT molecular complexity index is 345. The van der Waals surface area contributed by atoms with Gasteiger partial charge < -0.3 is 10.1 Å². The van der Waals surface area contributed by atoms with E-state index in [2.05, 4.69) is 23.5 Å². The molecule has 0 saturated carbocycles. The van der Waals surface area contributed by atoms with Gasteiger partial charge in [-0.3, -0.25) is 4.68 Å². The van der Waals surface area contributed by atoms with Crippen LogP contribution in [-0.2, 0) is 18.2 Å². The van der Waals surface area contributed by atoms with Gasteiger partial charge >= 0.3 is 0 Å². The molecule has 1 aromatic heterocycles.